The number of hydrogen-bond donors (Lipinski definition) is 1. The molecule has 4 aromatic rings. The maximum Gasteiger partial charge on any atom is 0.362 e. The largest absolute Gasteiger partial charge is 0.456 e. The fraction of sp³-hybridized carbons (Fsp3) is 0.476. The third-order valence-electron chi connectivity index (χ3n) is 11.1. The van der Waals surface area contributed by atoms with Crippen molar-refractivity contribution in [2.75, 3.05) is 71.9 Å². The SMILES string of the molecule is COCCn1ncc(-c2ccc(-c3cnc(C(=O)Nc4ccc(C(=O)N5CCN(C(=O)C6CC[N+](C)(CC(=O)OC(C)(C)C)CC6)CC5)c(Cl)c4)n3C)c(F)c2F)c1C. The fourth-order valence-electron chi connectivity index (χ4n) is 7.73. The molecule has 0 saturated carbocycles. The summed E-state index contributed by atoms with van der Waals surface area (Å²) in [6.45, 7) is 11.3. The second-order valence-electron chi connectivity index (χ2n) is 16.5. The van der Waals surface area contributed by atoms with Crippen molar-refractivity contribution in [2.45, 2.75) is 52.7 Å². The van der Waals surface area contributed by atoms with Gasteiger partial charge in [-0.2, -0.15) is 5.10 Å². The van der Waals surface area contributed by atoms with E-state index in [0.29, 0.717) is 86.7 Å². The zero-order chi connectivity index (χ0) is 42.8. The first-order valence-corrected chi connectivity index (χ1v) is 20.0. The Kier molecular flexibility index (Phi) is 12.9. The fourth-order valence-corrected chi connectivity index (χ4v) is 7.99. The molecule has 2 saturated heterocycles. The van der Waals surface area contributed by atoms with E-state index in [0.717, 1.165) is 0 Å². The second kappa shape index (κ2) is 17.6. The number of likely N-dealkylation sites (tertiary alicyclic amines) is 1. The van der Waals surface area contributed by atoms with Crippen LogP contribution in [0.15, 0.2) is 42.7 Å². The number of carbonyl (C=O) groups excluding carboxylic acids is 4. The number of carbonyl (C=O) groups is 4. The molecule has 316 valence electrons. The Bertz CT molecular complexity index is 2240. The first-order valence-electron chi connectivity index (χ1n) is 19.7. The molecule has 0 unspecified atom stereocenters. The number of esters is 1. The predicted octanol–water partition coefficient (Wildman–Crippen LogP) is 5.57. The topological polar surface area (TPSA) is 141 Å². The van der Waals surface area contributed by atoms with Gasteiger partial charge in [-0.15, -0.1) is 0 Å². The van der Waals surface area contributed by atoms with E-state index in [9.17, 15) is 19.2 Å². The molecule has 2 aromatic carbocycles. The monoisotopic (exact) mass is 837 g/mol. The summed E-state index contributed by atoms with van der Waals surface area (Å²) in [5.41, 5.74) is 1.28. The summed E-state index contributed by atoms with van der Waals surface area (Å²) in [5, 5.41) is 7.11. The number of rotatable bonds is 11. The van der Waals surface area contributed by atoms with Crippen molar-refractivity contribution in [1.82, 2.24) is 29.1 Å². The molecule has 0 radical (unpaired) electrons. The third kappa shape index (κ3) is 9.66. The van der Waals surface area contributed by atoms with E-state index >= 15 is 8.78 Å². The van der Waals surface area contributed by atoms with E-state index in [1.165, 1.54) is 48.3 Å². The molecule has 1 N–H and O–H groups in total. The normalized spacial score (nSPS) is 18.5. The zero-order valence-electron chi connectivity index (χ0n) is 34.6. The van der Waals surface area contributed by atoms with Crippen LogP contribution in [0, 0.1) is 24.5 Å². The van der Waals surface area contributed by atoms with Crippen molar-refractivity contribution in [1.29, 1.82) is 0 Å². The number of piperazine rings is 1. The lowest BCUT2D eigenvalue weighted by molar-refractivity contribution is -0.908. The van der Waals surface area contributed by atoms with Gasteiger partial charge in [0.15, 0.2) is 24.0 Å². The third-order valence-corrected chi connectivity index (χ3v) is 11.4. The van der Waals surface area contributed by atoms with E-state index < -0.39 is 23.1 Å². The standard InChI is InChI=1S/C42H51ClF2N8O6/c1-26-32(23-47-52(26)18-21-58-7)29-10-11-31(37(45)36(29)44)34-24-46-38(49(34)5)39(55)48-28-8-9-30(33(43)22-28)41(57)51-16-14-50(15-17-51)40(56)27-12-19-53(6,20-13-27)25-35(54)59-42(2,3)4/h8-11,22-24,27H,12-21,25H2,1-7H3/p+1. The lowest BCUT2D eigenvalue weighted by atomic mass is 9.93. The summed E-state index contributed by atoms with van der Waals surface area (Å²) < 4.78 is 45.2. The van der Waals surface area contributed by atoms with Gasteiger partial charge in [0.1, 0.15) is 5.60 Å². The number of hydrogen-bond acceptors (Lipinski definition) is 8. The van der Waals surface area contributed by atoms with E-state index in [1.54, 1.807) is 29.7 Å². The highest BCUT2D eigenvalue weighted by Crippen LogP contribution is 2.33. The van der Waals surface area contributed by atoms with E-state index in [2.05, 4.69) is 15.4 Å². The number of aromatic nitrogens is 4. The zero-order valence-corrected chi connectivity index (χ0v) is 35.4. The van der Waals surface area contributed by atoms with Crippen LogP contribution >= 0.6 is 11.6 Å². The number of likely N-dealkylation sites (N-methyl/N-ethyl adjacent to an activating group) is 1. The van der Waals surface area contributed by atoms with Crippen LogP contribution in [-0.2, 0) is 32.7 Å². The first kappa shape index (κ1) is 43.4. The molecule has 2 aromatic heterocycles. The molecule has 6 rings (SSSR count). The summed E-state index contributed by atoms with van der Waals surface area (Å²) in [6.07, 6.45) is 4.13. The number of ether oxygens (including phenoxy) is 2. The molecule has 2 aliphatic rings. The van der Waals surface area contributed by atoms with Crippen LogP contribution in [0.2, 0.25) is 5.02 Å². The predicted molar refractivity (Wildman–Crippen MR) is 218 cm³/mol. The van der Waals surface area contributed by atoms with Crippen molar-refractivity contribution in [2.24, 2.45) is 13.0 Å². The molecular formula is C42H52ClF2N8O6+. The molecule has 3 amide bonds. The molecule has 0 aliphatic carbocycles. The lowest BCUT2D eigenvalue weighted by Gasteiger charge is -2.42. The lowest BCUT2D eigenvalue weighted by Crippen LogP contribution is -2.56. The molecular weight excluding hydrogens is 786 g/mol. The Morgan fingerprint density at radius 2 is 1.59 bits per heavy atom. The smallest absolute Gasteiger partial charge is 0.362 e. The molecule has 0 spiro atoms. The maximum absolute atomic E-state index is 15.6. The van der Waals surface area contributed by atoms with Gasteiger partial charge in [0.05, 0.1) is 62.0 Å². The van der Waals surface area contributed by atoms with Crippen LogP contribution in [0.5, 0.6) is 0 Å². The molecule has 0 atom stereocenters. The summed E-state index contributed by atoms with van der Waals surface area (Å²) in [4.78, 5) is 60.4. The number of amides is 3. The van der Waals surface area contributed by atoms with Gasteiger partial charge in [0.2, 0.25) is 5.91 Å². The Balaban J connectivity index is 1.03. The van der Waals surface area contributed by atoms with Gasteiger partial charge in [-0.1, -0.05) is 17.7 Å². The van der Waals surface area contributed by atoms with Crippen molar-refractivity contribution in [3.8, 4) is 22.4 Å². The van der Waals surface area contributed by atoms with Gasteiger partial charge in [0.25, 0.3) is 11.8 Å². The average molecular weight is 838 g/mol. The Morgan fingerprint density at radius 1 is 0.949 bits per heavy atom. The molecule has 0 bridgehead atoms. The van der Waals surface area contributed by atoms with E-state index in [1.807, 2.05) is 32.7 Å². The molecule has 17 heteroatoms. The number of benzene rings is 2. The van der Waals surface area contributed by atoms with Gasteiger partial charge in [-0.05, 0) is 52.0 Å². The Hall–Kier alpha value is -5.19. The number of nitrogens with zero attached hydrogens (tertiary/aromatic N) is 7. The number of quaternary nitrogens is 1. The molecule has 4 heterocycles. The van der Waals surface area contributed by atoms with Crippen LogP contribution in [0.4, 0.5) is 14.5 Å². The number of piperidine rings is 1. The molecule has 2 aliphatic heterocycles. The highest BCUT2D eigenvalue weighted by molar-refractivity contribution is 6.34. The van der Waals surface area contributed by atoms with Crippen LogP contribution in [0.25, 0.3) is 22.4 Å². The Morgan fingerprint density at radius 3 is 2.24 bits per heavy atom. The van der Waals surface area contributed by atoms with Crippen molar-refractivity contribution in [3.05, 3.63) is 76.5 Å². The number of halogens is 3. The van der Waals surface area contributed by atoms with Crippen LogP contribution in [0.3, 0.4) is 0 Å². The van der Waals surface area contributed by atoms with Gasteiger partial charge in [-0.3, -0.25) is 19.1 Å². The van der Waals surface area contributed by atoms with Crippen molar-refractivity contribution in [3.63, 3.8) is 0 Å². The number of imidazole rings is 1. The minimum absolute atomic E-state index is 0.0563. The van der Waals surface area contributed by atoms with Crippen molar-refractivity contribution >= 4 is 41.0 Å². The van der Waals surface area contributed by atoms with Gasteiger partial charge >= 0.3 is 5.97 Å². The Labute approximate surface area is 347 Å². The maximum atomic E-state index is 15.6. The quantitative estimate of drug-likeness (QED) is 0.153. The van der Waals surface area contributed by atoms with Gasteiger partial charge < -0.3 is 33.6 Å². The van der Waals surface area contributed by atoms with Gasteiger partial charge in [0, 0.05) is 87.2 Å². The molecule has 14 nitrogen and oxygen atoms in total. The summed E-state index contributed by atoms with van der Waals surface area (Å²) >= 11 is 6.58. The van der Waals surface area contributed by atoms with Gasteiger partial charge in [-0.25, -0.2) is 18.6 Å². The number of methoxy groups -OCH3 is 1. The van der Waals surface area contributed by atoms with Crippen LogP contribution in [0.1, 0.15) is 60.3 Å². The molecule has 59 heavy (non-hydrogen) atoms. The minimum Gasteiger partial charge on any atom is -0.456 e. The summed E-state index contributed by atoms with van der Waals surface area (Å²) in [5.74, 6) is -3.43. The van der Waals surface area contributed by atoms with Crippen molar-refractivity contribution < 1.29 is 41.9 Å². The highest BCUT2D eigenvalue weighted by Gasteiger charge is 2.38. The minimum atomic E-state index is -1.09. The second-order valence-corrected chi connectivity index (χ2v) is 16.9. The number of nitrogens with one attached hydrogen (secondary N) is 1. The highest BCUT2D eigenvalue weighted by atomic mass is 35.5. The van der Waals surface area contributed by atoms with Crippen LogP contribution in [-0.4, -0.2) is 129 Å². The number of anilines is 1. The first-order chi connectivity index (χ1) is 27.9. The molecule has 2 fully saturated rings. The van der Waals surface area contributed by atoms with Crippen LogP contribution < -0.4 is 5.32 Å². The van der Waals surface area contributed by atoms with E-state index in [4.69, 9.17) is 21.1 Å². The summed E-state index contributed by atoms with van der Waals surface area (Å²) in [6, 6.07) is 7.44. The summed E-state index contributed by atoms with van der Waals surface area (Å²) in [7, 11) is 5.11. The van der Waals surface area contributed by atoms with E-state index in [-0.39, 0.29) is 63.5 Å². The average Bonchev–Trinajstić information content (AvgIpc) is 3.75.